The maximum atomic E-state index is 11.2. The zero-order valence-corrected chi connectivity index (χ0v) is 13.3. The first-order chi connectivity index (χ1) is 9.10. The molecule has 0 radical (unpaired) electrons. The number of hydrogen-bond donors (Lipinski definition) is 0. The van der Waals surface area contributed by atoms with Crippen molar-refractivity contribution in [2.45, 2.75) is 70.7 Å². The van der Waals surface area contributed by atoms with Crippen LogP contribution in [0.4, 0.5) is 0 Å². The summed E-state index contributed by atoms with van der Waals surface area (Å²) >= 11 is 0. The van der Waals surface area contributed by atoms with Crippen molar-refractivity contribution in [1.82, 2.24) is 0 Å². The van der Waals surface area contributed by atoms with Crippen molar-refractivity contribution < 1.29 is 14.3 Å². The molecule has 1 aliphatic carbocycles. The number of epoxide rings is 1. The third kappa shape index (κ3) is 2.22. The van der Waals surface area contributed by atoms with Crippen LogP contribution in [0.2, 0.25) is 0 Å². The summed E-state index contributed by atoms with van der Waals surface area (Å²) in [6.07, 6.45) is 9.08. The molecular weight excluding hydrogens is 252 g/mol. The summed E-state index contributed by atoms with van der Waals surface area (Å²) in [5.74, 6) is -0.308. The predicted octanol–water partition coefficient (Wildman–Crippen LogP) is 3.79. The summed E-state index contributed by atoms with van der Waals surface area (Å²) < 4.78 is 11.5. The Morgan fingerprint density at radius 1 is 1.35 bits per heavy atom. The van der Waals surface area contributed by atoms with Crippen LogP contribution in [0, 0.1) is 5.41 Å². The molecule has 0 aromatic heterocycles. The summed E-state index contributed by atoms with van der Waals surface area (Å²) in [6.45, 7) is 13.7. The van der Waals surface area contributed by atoms with E-state index in [1.807, 2.05) is 13.0 Å². The van der Waals surface area contributed by atoms with Gasteiger partial charge in [-0.15, -0.1) is 0 Å². The van der Waals surface area contributed by atoms with Gasteiger partial charge in [0.15, 0.2) is 0 Å². The van der Waals surface area contributed by atoms with Crippen LogP contribution in [-0.2, 0) is 14.3 Å². The predicted molar refractivity (Wildman–Crippen MR) is 79.4 cm³/mol. The second-order valence-electron chi connectivity index (χ2n) is 7.12. The van der Waals surface area contributed by atoms with Crippen LogP contribution in [0.3, 0.4) is 0 Å². The fourth-order valence-electron chi connectivity index (χ4n) is 3.65. The van der Waals surface area contributed by atoms with E-state index in [2.05, 4.69) is 33.4 Å². The SMILES string of the molecule is C=CC(C)(/C=C\[C@@]12O[C@]1(C)CCCC2(C)C)OC(C)=O. The van der Waals surface area contributed by atoms with E-state index in [0.717, 1.165) is 12.8 Å². The Labute approximate surface area is 122 Å². The number of ether oxygens (including phenoxy) is 2. The van der Waals surface area contributed by atoms with Gasteiger partial charge in [0.2, 0.25) is 0 Å². The van der Waals surface area contributed by atoms with Gasteiger partial charge in [-0.1, -0.05) is 20.4 Å². The number of esters is 1. The average Bonchev–Trinajstić information content (AvgIpc) is 2.94. The monoisotopic (exact) mass is 278 g/mol. The van der Waals surface area contributed by atoms with Gasteiger partial charge < -0.3 is 9.47 Å². The summed E-state index contributed by atoms with van der Waals surface area (Å²) in [4.78, 5) is 11.2. The van der Waals surface area contributed by atoms with Crippen molar-refractivity contribution in [3.63, 3.8) is 0 Å². The minimum Gasteiger partial charge on any atom is -0.451 e. The second kappa shape index (κ2) is 4.45. The number of hydrogen-bond acceptors (Lipinski definition) is 3. The highest BCUT2D eigenvalue weighted by Gasteiger charge is 2.73. The third-order valence-electron chi connectivity index (χ3n) is 5.01. The van der Waals surface area contributed by atoms with Crippen LogP contribution in [0.15, 0.2) is 24.8 Å². The molecule has 2 fully saturated rings. The standard InChI is InChI=1S/C17H26O3/c1-7-15(5,19-13(2)18)11-12-17-14(3,4)9-8-10-16(17,6)20-17/h7,11-12H,1,8-10H2,2-6H3/b12-11-/t15?,16-,17+/m1/s1. The lowest BCUT2D eigenvalue weighted by Gasteiger charge is -2.37. The van der Waals surface area contributed by atoms with E-state index in [-0.39, 0.29) is 22.6 Å². The molecule has 2 aliphatic rings. The normalized spacial score (nSPS) is 37.9. The lowest BCUT2D eigenvalue weighted by molar-refractivity contribution is -0.147. The molecule has 0 spiro atoms. The van der Waals surface area contributed by atoms with Crippen LogP contribution in [-0.4, -0.2) is 22.8 Å². The van der Waals surface area contributed by atoms with E-state index in [1.165, 1.54) is 13.3 Å². The first-order valence-electron chi connectivity index (χ1n) is 7.34. The third-order valence-corrected chi connectivity index (χ3v) is 5.01. The van der Waals surface area contributed by atoms with Gasteiger partial charge in [0.25, 0.3) is 0 Å². The van der Waals surface area contributed by atoms with Crippen LogP contribution < -0.4 is 0 Å². The van der Waals surface area contributed by atoms with Crippen LogP contribution in [0.5, 0.6) is 0 Å². The van der Waals surface area contributed by atoms with Gasteiger partial charge >= 0.3 is 5.97 Å². The zero-order valence-electron chi connectivity index (χ0n) is 13.3. The smallest absolute Gasteiger partial charge is 0.303 e. The molecule has 3 heteroatoms. The number of fused-ring (bicyclic) bond motifs is 1. The summed E-state index contributed by atoms with van der Waals surface area (Å²) in [7, 11) is 0. The average molecular weight is 278 g/mol. The van der Waals surface area contributed by atoms with Crippen LogP contribution in [0.1, 0.15) is 53.9 Å². The molecular formula is C17H26O3. The molecule has 1 aliphatic heterocycles. The minimum atomic E-state index is -0.777. The Hall–Kier alpha value is -1.09. The topological polar surface area (TPSA) is 38.8 Å². The molecule has 112 valence electrons. The highest BCUT2D eigenvalue weighted by atomic mass is 16.6. The quantitative estimate of drug-likeness (QED) is 0.446. The van der Waals surface area contributed by atoms with Crippen molar-refractivity contribution >= 4 is 5.97 Å². The molecule has 1 heterocycles. The Bertz CT molecular complexity index is 465. The van der Waals surface area contributed by atoms with E-state index in [4.69, 9.17) is 9.47 Å². The van der Waals surface area contributed by atoms with Gasteiger partial charge in [0, 0.05) is 12.3 Å². The molecule has 3 atom stereocenters. The molecule has 20 heavy (non-hydrogen) atoms. The Kier molecular flexibility index (Phi) is 3.41. The molecule has 1 saturated heterocycles. The van der Waals surface area contributed by atoms with E-state index in [0.29, 0.717) is 0 Å². The lowest BCUT2D eigenvalue weighted by Crippen LogP contribution is -2.41. The van der Waals surface area contributed by atoms with Crippen molar-refractivity contribution in [1.29, 1.82) is 0 Å². The second-order valence-corrected chi connectivity index (χ2v) is 7.12. The van der Waals surface area contributed by atoms with Crippen molar-refractivity contribution in [3.05, 3.63) is 24.8 Å². The summed E-state index contributed by atoms with van der Waals surface area (Å²) in [5, 5.41) is 0. The van der Waals surface area contributed by atoms with E-state index in [1.54, 1.807) is 6.08 Å². The first-order valence-corrected chi connectivity index (χ1v) is 7.34. The molecule has 0 aromatic rings. The summed E-state index contributed by atoms with van der Waals surface area (Å²) in [5.41, 5.74) is -1.01. The molecule has 0 aromatic carbocycles. The molecule has 1 saturated carbocycles. The lowest BCUT2D eigenvalue weighted by atomic mass is 9.64. The minimum absolute atomic E-state index is 0.0798. The molecule has 0 amide bonds. The number of carbonyl (C=O) groups excluding carboxylic acids is 1. The van der Waals surface area contributed by atoms with Gasteiger partial charge in [0.05, 0.1) is 5.60 Å². The van der Waals surface area contributed by atoms with Crippen LogP contribution >= 0.6 is 0 Å². The van der Waals surface area contributed by atoms with Gasteiger partial charge in [-0.3, -0.25) is 4.79 Å². The van der Waals surface area contributed by atoms with Crippen LogP contribution in [0.25, 0.3) is 0 Å². The summed E-state index contributed by atoms with van der Waals surface area (Å²) in [6, 6.07) is 0. The van der Waals surface area contributed by atoms with Crippen molar-refractivity contribution in [2.75, 3.05) is 0 Å². The van der Waals surface area contributed by atoms with Crippen molar-refractivity contribution in [2.24, 2.45) is 5.41 Å². The zero-order chi connectivity index (χ0) is 15.2. The Morgan fingerprint density at radius 3 is 2.50 bits per heavy atom. The maximum Gasteiger partial charge on any atom is 0.303 e. The number of rotatable bonds is 4. The van der Waals surface area contributed by atoms with E-state index < -0.39 is 5.60 Å². The molecule has 2 rings (SSSR count). The fourth-order valence-corrected chi connectivity index (χ4v) is 3.65. The van der Waals surface area contributed by atoms with Gasteiger partial charge in [-0.05, 0) is 51.3 Å². The molecule has 3 nitrogen and oxygen atoms in total. The largest absolute Gasteiger partial charge is 0.451 e. The first kappa shape index (κ1) is 15.3. The van der Waals surface area contributed by atoms with Crippen molar-refractivity contribution in [3.8, 4) is 0 Å². The van der Waals surface area contributed by atoms with E-state index >= 15 is 0 Å². The fraction of sp³-hybridized carbons (Fsp3) is 0.706. The highest BCUT2D eigenvalue weighted by Crippen LogP contribution is 2.66. The van der Waals surface area contributed by atoms with Gasteiger partial charge in [-0.2, -0.15) is 0 Å². The Morgan fingerprint density at radius 2 is 2.00 bits per heavy atom. The molecule has 0 bridgehead atoms. The van der Waals surface area contributed by atoms with Gasteiger partial charge in [-0.25, -0.2) is 0 Å². The molecule has 0 N–H and O–H groups in total. The Balaban J connectivity index is 2.26. The molecule has 1 unspecified atom stereocenters. The highest BCUT2D eigenvalue weighted by molar-refractivity contribution is 5.67. The van der Waals surface area contributed by atoms with Gasteiger partial charge in [0.1, 0.15) is 11.2 Å². The number of carbonyl (C=O) groups is 1. The maximum absolute atomic E-state index is 11.2. The van der Waals surface area contributed by atoms with E-state index in [9.17, 15) is 4.79 Å².